The zero-order chi connectivity index (χ0) is 37.2. The first-order chi connectivity index (χ1) is 27.1. The van der Waals surface area contributed by atoms with Crippen molar-refractivity contribution in [1.29, 1.82) is 0 Å². The lowest BCUT2D eigenvalue weighted by atomic mass is 9.91. The van der Waals surface area contributed by atoms with E-state index in [1.54, 1.807) is 12.1 Å². The summed E-state index contributed by atoms with van der Waals surface area (Å²) in [6.07, 6.45) is 0. The van der Waals surface area contributed by atoms with Gasteiger partial charge in [0, 0.05) is 21.5 Å². The van der Waals surface area contributed by atoms with E-state index in [0.717, 1.165) is 54.6 Å². The lowest BCUT2D eigenvalue weighted by Gasteiger charge is -2.31. The third-order valence-corrected chi connectivity index (χ3v) is 15.2. The van der Waals surface area contributed by atoms with E-state index in [1.807, 2.05) is 18.2 Å². The van der Waals surface area contributed by atoms with Gasteiger partial charge in [-0.05, 0) is 97.5 Å². The van der Waals surface area contributed by atoms with Gasteiger partial charge in [-0.2, -0.15) is 0 Å². The first-order valence-corrected chi connectivity index (χ1v) is 20.6. The van der Waals surface area contributed by atoms with Crippen LogP contribution >= 0.6 is 0 Å². The zero-order valence-corrected chi connectivity index (χ0v) is 31.4. The second kappa shape index (κ2) is 14.4. The number of allylic oxidation sites excluding steroid dienone is 4. The summed E-state index contributed by atoms with van der Waals surface area (Å²) in [7, 11) is -3.19. The first-order valence-electron chi connectivity index (χ1n) is 18.6. The molecule has 1 aliphatic heterocycles. The third kappa shape index (κ3) is 6.26. The van der Waals surface area contributed by atoms with Crippen molar-refractivity contribution in [2.24, 2.45) is 0 Å². The Morgan fingerprint density at radius 2 is 0.782 bits per heavy atom. The summed E-state index contributed by atoms with van der Waals surface area (Å²) < 4.78 is 0. The van der Waals surface area contributed by atoms with Crippen molar-refractivity contribution < 1.29 is 5.11 Å². The zero-order valence-electron chi connectivity index (χ0n) is 30.4. The number of benzene rings is 8. The lowest BCUT2D eigenvalue weighted by Crippen LogP contribution is -2.60. The van der Waals surface area contributed by atoms with Crippen LogP contribution in [0.5, 0.6) is 5.75 Å². The van der Waals surface area contributed by atoms with Gasteiger partial charge >= 0.3 is 0 Å². The van der Waals surface area contributed by atoms with Gasteiger partial charge in [-0.15, -0.1) is 0 Å². The van der Waals surface area contributed by atoms with Crippen LogP contribution < -0.4 is 10.4 Å². The topological polar surface area (TPSA) is 20.2 Å². The van der Waals surface area contributed by atoms with Gasteiger partial charge in [0.05, 0.1) is 0 Å². The SMILES string of the molecule is Cc1ccc2cc(C#CC3=C(c4ccccc4)C(c4ccccc4)=C(C#Cc4ccc5cc(O)ccc5c4)[Si]3(c3ccccc3)c3ccccc3)ccc2c1. The van der Waals surface area contributed by atoms with E-state index in [4.69, 9.17) is 0 Å². The maximum Gasteiger partial charge on any atom is 0.199 e. The average Bonchev–Trinajstić information content (AvgIpc) is 3.54. The van der Waals surface area contributed by atoms with E-state index < -0.39 is 8.07 Å². The normalized spacial score (nSPS) is 13.3. The van der Waals surface area contributed by atoms with Crippen LogP contribution in [0.4, 0.5) is 0 Å². The number of hydrogen-bond donors (Lipinski definition) is 1. The number of aryl methyl sites for hydroxylation is 1. The standard InChI is InChI=1S/C53H36OSi/c1-38-22-27-44-35-39(23-28-43(44)34-38)25-32-50-52(41-14-6-2-7-15-41)53(42-16-8-3-9-17-42)51(33-26-40-24-29-46-37-47(54)31-30-45(46)36-40)55(50,48-18-10-4-11-19-48)49-20-12-5-13-21-49/h2-24,27-31,34-37,54H,1H3. The number of hydrogen-bond acceptors (Lipinski definition) is 1. The summed E-state index contributed by atoms with van der Waals surface area (Å²) in [5, 5.41) is 19.2. The smallest absolute Gasteiger partial charge is 0.199 e. The van der Waals surface area contributed by atoms with Gasteiger partial charge in [0.2, 0.25) is 0 Å². The van der Waals surface area contributed by atoms with Gasteiger partial charge in [-0.25, -0.2) is 0 Å². The number of rotatable bonds is 4. The molecule has 9 rings (SSSR count). The largest absolute Gasteiger partial charge is 0.508 e. The Kier molecular flexibility index (Phi) is 8.81. The number of phenols is 1. The maximum absolute atomic E-state index is 10.1. The molecule has 0 radical (unpaired) electrons. The van der Waals surface area contributed by atoms with E-state index in [-0.39, 0.29) is 5.75 Å². The van der Waals surface area contributed by atoms with Crippen molar-refractivity contribution in [3.05, 3.63) is 232 Å². The minimum absolute atomic E-state index is 0.253. The fraction of sp³-hybridized carbons (Fsp3) is 0.0189. The average molecular weight is 717 g/mol. The minimum atomic E-state index is -3.19. The van der Waals surface area contributed by atoms with Crippen LogP contribution in [-0.2, 0) is 0 Å². The molecule has 0 saturated heterocycles. The van der Waals surface area contributed by atoms with Crippen molar-refractivity contribution >= 4 is 51.1 Å². The van der Waals surface area contributed by atoms with Gasteiger partial charge in [0.25, 0.3) is 0 Å². The summed E-state index contributed by atoms with van der Waals surface area (Å²) in [5.74, 6) is 15.5. The molecule has 8 aromatic rings. The molecule has 55 heavy (non-hydrogen) atoms. The maximum atomic E-state index is 10.1. The molecule has 1 heterocycles. The summed E-state index contributed by atoms with van der Waals surface area (Å²) in [6.45, 7) is 2.13. The molecule has 0 fully saturated rings. The van der Waals surface area contributed by atoms with Crippen LogP contribution in [0, 0.1) is 30.6 Å². The van der Waals surface area contributed by atoms with Crippen molar-refractivity contribution in [3.63, 3.8) is 0 Å². The van der Waals surface area contributed by atoms with Crippen LogP contribution in [0.1, 0.15) is 27.8 Å². The molecule has 0 aromatic heterocycles. The molecule has 1 nitrogen and oxygen atoms in total. The molecule has 0 atom stereocenters. The van der Waals surface area contributed by atoms with E-state index in [9.17, 15) is 5.11 Å². The fourth-order valence-electron chi connectivity index (χ4n) is 7.99. The quantitative estimate of drug-likeness (QED) is 0.142. The highest BCUT2D eigenvalue weighted by molar-refractivity contribution is 7.16. The molecule has 0 spiro atoms. The van der Waals surface area contributed by atoms with E-state index >= 15 is 0 Å². The highest BCUT2D eigenvalue weighted by Crippen LogP contribution is 2.48. The molecular formula is C53H36OSi. The summed E-state index contributed by atoms with van der Waals surface area (Å²) in [4.78, 5) is 0. The Morgan fingerprint density at radius 3 is 1.27 bits per heavy atom. The van der Waals surface area contributed by atoms with Gasteiger partial charge in [0.1, 0.15) is 5.75 Å². The van der Waals surface area contributed by atoms with E-state index in [1.165, 1.54) is 26.7 Å². The van der Waals surface area contributed by atoms with Gasteiger partial charge in [0.15, 0.2) is 8.07 Å². The molecule has 0 amide bonds. The number of phenolic OH excluding ortho intramolecular Hbond substituents is 1. The predicted octanol–water partition coefficient (Wildman–Crippen LogP) is 10.7. The summed E-state index contributed by atoms with van der Waals surface area (Å²) in [6, 6.07) is 68.1. The molecule has 0 bridgehead atoms. The second-order valence-electron chi connectivity index (χ2n) is 14.0. The third-order valence-electron chi connectivity index (χ3n) is 10.5. The highest BCUT2D eigenvalue weighted by atomic mass is 28.3. The van der Waals surface area contributed by atoms with Crippen LogP contribution in [0.25, 0.3) is 32.7 Å². The molecule has 2 heteroatoms. The molecule has 8 aromatic carbocycles. The molecular weight excluding hydrogens is 681 g/mol. The van der Waals surface area contributed by atoms with Gasteiger partial charge in [-0.1, -0.05) is 187 Å². The molecule has 1 aliphatic rings. The first kappa shape index (κ1) is 33.7. The molecule has 0 aliphatic carbocycles. The summed E-state index contributed by atoms with van der Waals surface area (Å²) in [5.41, 5.74) is 7.62. The minimum Gasteiger partial charge on any atom is -0.508 e. The van der Waals surface area contributed by atoms with Gasteiger partial charge < -0.3 is 5.11 Å². The van der Waals surface area contributed by atoms with Crippen molar-refractivity contribution in [1.82, 2.24) is 0 Å². The summed E-state index contributed by atoms with van der Waals surface area (Å²) >= 11 is 0. The van der Waals surface area contributed by atoms with Gasteiger partial charge in [-0.3, -0.25) is 0 Å². The molecule has 258 valence electrons. The Balaban J connectivity index is 1.40. The Labute approximate surface area is 323 Å². The van der Waals surface area contributed by atoms with Crippen molar-refractivity contribution in [2.45, 2.75) is 6.92 Å². The Hall–Kier alpha value is -7.10. The molecule has 1 N–H and O–H groups in total. The number of aromatic hydroxyl groups is 1. The van der Waals surface area contributed by atoms with Crippen LogP contribution in [-0.4, -0.2) is 13.2 Å². The fourth-order valence-corrected chi connectivity index (χ4v) is 12.9. The second-order valence-corrected chi connectivity index (χ2v) is 17.7. The lowest BCUT2D eigenvalue weighted by molar-refractivity contribution is 0.476. The highest BCUT2D eigenvalue weighted by Gasteiger charge is 2.52. The van der Waals surface area contributed by atoms with Crippen LogP contribution in [0.3, 0.4) is 0 Å². The molecule has 0 saturated carbocycles. The van der Waals surface area contributed by atoms with Crippen molar-refractivity contribution in [3.8, 4) is 29.4 Å². The predicted molar refractivity (Wildman–Crippen MR) is 233 cm³/mol. The van der Waals surface area contributed by atoms with Crippen molar-refractivity contribution in [2.75, 3.05) is 0 Å². The Bertz CT molecular complexity index is 2720. The van der Waals surface area contributed by atoms with E-state index in [0.29, 0.717) is 0 Å². The van der Waals surface area contributed by atoms with Crippen LogP contribution in [0.2, 0.25) is 0 Å². The molecule has 0 unspecified atom stereocenters. The number of fused-ring (bicyclic) bond motifs is 2. The monoisotopic (exact) mass is 716 g/mol. The Morgan fingerprint density at radius 1 is 0.382 bits per heavy atom. The van der Waals surface area contributed by atoms with Crippen LogP contribution in [0.15, 0.2) is 205 Å². The van der Waals surface area contributed by atoms with E-state index in [2.05, 4.69) is 194 Å².